The van der Waals surface area contributed by atoms with E-state index >= 15 is 0 Å². The van der Waals surface area contributed by atoms with Gasteiger partial charge in [-0.15, -0.1) is 24.8 Å². The molecule has 1 fully saturated rings. The molecule has 3 heterocycles. The molecule has 2 aromatic heterocycles. The van der Waals surface area contributed by atoms with Crippen molar-refractivity contribution in [3.63, 3.8) is 0 Å². The first-order valence-corrected chi connectivity index (χ1v) is 8.25. The third-order valence-corrected chi connectivity index (χ3v) is 5.16. The van der Waals surface area contributed by atoms with Crippen LogP contribution in [0.1, 0.15) is 29.4 Å². The van der Waals surface area contributed by atoms with Gasteiger partial charge in [-0.25, -0.2) is 9.78 Å². The average molecular weight is 418 g/mol. The molecule has 8 nitrogen and oxygen atoms in total. The van der Waals surface area contributed by atoms with Gasteiger partial charge >= 0.3 is 5.69 Å². The molecule has 2 aromatic rings. The van der Waals surface area contributed by atoms with E-state index in [4.69, 9.17) is 5.73 Å². The van der Waals surface area contributed by atoms with Crippen LogP contribution in [0.2, 0.25) is 0 Å². The van der Waals surface area contributed by atoms with E-state index in [1.165, 1.54) is 11.6 Å². The van der Waals surface area contributed by atoms with Gasteiger partial charge in [0, 0.05) is 27.2 Å². The van der Waals surface area contributed by atoms with Crippen molar-refractivity contribution in [1.29, 1.82) is 0 Å². The molecule has 1 amide bonds. The number of amides is 1. The van der Waals surface area contributed by atoms with Gasteiger partial charge < -0.3 is 10.6 Å². The second-order valence-electron chi connectivity index (χ2n) is 7.22. The second-order valence-corrected chi connectivity index (χ2v) is 7.22. The molecule has 10 heteroatoms. The van der Waals surface area contributed by atoms with Gasteiger partial charge in [0.1, 0.15) is 11.3 Å². The summed E-state index contributed by atoms with van der Waals surface area (Å²) in [5.41, 5.74) is 5.97. The maximum Gasteiger partial charge on any atom is 0.332 e. The zero-order chi connectivity index (χ0) is 18.5. The lowest BCUT2D eigenvalue weighted by atomic mass is 9.90. The predicted molar refractivity (Wildman–Crippen MR) is 109 cm³/mol. The molecule has 0 bridgehead atoms. The molecule has 0 aliphatic carbocycles. The highest BCUT2D eigenvalue weighted by Gasteiger charge is 2.35. The maximum absolute atomic E-state index is 12.8. The van der Waals surface area contributed by atoms with Crippen molar-refractivity contribution in [3.05, 3.63) is 38.2 Å². The number of aryl methyl sites for hydroxylation is 2. The van der Waals surface area contributed by atoms with Crippen LogP contribution in [0.25, 0.3) is 11.0 Å². The molecule has 27 heavy (non-hydrogen) atoms. The average Bonchev–Trinajstić information content (AvgIpc) is 2.99. The first-order valence-electron chi connectivity index (χ1n) is 8.25. The zero-order valence-electron chi connectivity index (χ0n) is 15.8. The number of carbonyl (C=O) groups excluding carboxylic acids is 1. The molecular weight excluding hydrogens is 393 g/mol. The van der Waals surface area contributed by atoms with Gasteiger partial charge in [0.15, 0.2) is 0 Å². The highest BCUT2D eigenvalue weighted by Crippen LogP contribution is 2.29. The lowest BCUT2D eigenvalue weighted by Crippen LogP contribution is -2.38. The first kappa shape index (κ1) is 23.1. The summed E-state index contributed by atoms with van der Waals surface area (Å²) in [4.78, 5) is 43.5. The van der Waals surface area contributed by atoms with Crippen LogP contribution in [0.5, 0.6) is 0 Å². The smallest absolute Gasteiger partial charge is 0.332 e. The van der Waals surface area contributed by atoms with Gasteiger partial charge in [-0.3, -0.25) is 18.7 Å². The minimum absolute atomic E-state index is 0. The fourth-order valence-electron chi connectivity index (χ4n) is 3.37. The van der Waals surface area contributed by atoms with Crippen molar-refractivity contribution < 1.29 is 4.79 Å². The molecule has 1 aliphatic heterocycles. The van der Waals surface area contributed by atoms with Gasteiger partial charge in [0.2, 0.25) is 0 Å². The van der Waals surface area contributed by atoms with E-state index in [9.17, 15) is 14.4 Å². The summed E-state index contributed by atoms with van der Waals surface area (Å²) in [6, 6.07) is 1.62. The first-order chi connectivity index (χ1) is 11.7. The Bertz CT molecular complexity index is 1000. The molecule has 1 aliphatic rings. The van der Waals surface area contributed by atoms with Crippen LogP contribution >= 0.6 is 24.8 Å². The van der Waals surface area contributed by atoms with Gasteiger partial charge in [-0.05, 0) is 36.9 Å². The number of hydrogen-bond acceptors (Lipinski definition) is 5. The third-order valence-electron chi connectivity index (χ3n) is 5.16. The summed E-state index contributed by atoms with van der Waals surface area (Å²) in [6.45, 7) is 5.54. The van der Waals surface area contributed by atoms with Gasteiger partial charge in [-0.1, -0.05) is 6.92 Å². The summed E-state index contributed by atoms with van der Waals surface area (Å²) >= 11 is 0. The zero-order valence-corrected chi connectivity index (χ0v) is 17.4. The number of halogens is 2. The summed E-state index contributed by atoms with van der Waals surface area (Å²) in [7, 11) is 2.98. The fraction of sp³-hybridized carbons (Fsp3) is 0.529. The largest absolute Gasteiger partial charge is 0.337 e. The lowest BCUT2D eigenvalue weighted by Gasteiger charge is -2.22. The predicted octanol–water partition coefficient (Wildman–Crippen LogP) is 0.595. The number of aromatic nitrogens is 3. The molecule has 0 radical (unpaired) electrons. The standard InChI is InChI=1S/C17H23N5O3.2ClH/c1-10-7-11(14(23)22-6-5-17(2,8-18)9-22)19-13-12(10)15(24)21(4)16(25)20(13)3;;/h7H,5-6,8-9,18H2,1-4H3;2*1H. The SMILES string of the molecule is Cc1cc(C(=O)N2CCC(C)(CN)C2)nc2c1c(=O)n(C)c(=O)n2C.Cl.Cl. The number of nitrogens with zero attached hydrogens (tertiary/aromatic N) is 4. The highest BCUT2D eigenvalue weighted by atomic mass is 35.5. The number of fused-ring (bicyclic) bond motifs is 1. The second kappa shape index (κ2) is 8.00. The number of pyridine rings is 1. The summed E-state index contributed by atoms with van der Waals surface area (Å²) in [5.74, 6) is -0.199. The van der Waals surface area contributed by atoms with Crippen LogP contribution in [0.4, 0.5) is 0 Å². The Kier molecular flexibility index (Phi) is 6.85. The summed E-state index contributed by atoms with van der Waals surface area (Å²) in [5, 5.41) is 0.356. The van der Waals surface area contributed by atoms with Gasteiger partial charge in [0.25, 0.3) is 11.5 Å². The number of likely N-dealkylation sites (tertiary alicyclic amines) is 1. The van der Waals surface area contributed by atoms with Crippen molar-refractivity contribution in [2.45, 2.75) is 20.3 Å². The lowest BCUT2D eigenvalue weighted by molar-refractivity contribution is 0.0771. The monoisotopic (exact) mass is 417 g/mol. The third kappa shape index (κ3) is 3.74. The molecule has 1 saturated heterocycles. The van der Waals surface area contributed by atoms with Crippen LogP contribution in [0.3, 0.4) is 0 Å². The Morgan fingerprint density at radius 1 is 1.26 bits per heavy atom. The quantitative estimate of drug-likeness (QED) is 0.769. The van der Waals surface area contributed by atoms with Gasteiger partial charge in [0.05, 0.1) is 5.39 Å². The molecule has 0 saturated carbocycles. The molecule has 3 rings (SSSR count). The van der Waals surface area contributed by atoms with E-state index < -0.39 is 11.2 Å². The van der Waals surface area contributed by atoms with Gasteiger partial charge in [-0.2, -0.15) is 0 Å². The van der Waals surface area contributed by atoms with Crippen molar-refractivity contribution >= 4 is 41.8 Å². The number of nitrogens with two attached hydrogens (primary N) is 1. The van der Waals surface area contributed by atoms with Crippen molar-refractivity contribution in [1.82, 2.24) is 19.0 Å². The normalized spacial score (nSPS) is 18.9. The van der Waals surface area contributed by atoms with Crippen molar-refractivity contribution in [2.75, 3.05) is 19.6 Å². The summed E-state index contributed by atoms with van der Waals surface area (Å²) in [6.07, 6.45) is 0.848. The Morgan fingerprint density at radius 3 is 2.44 bits per heavy atom. The van der Waals surface area contributed by atoms with E-state index in [-0.39, 0.29) is 47.5 Å². The highest BCUT2D eigenvalue weighted by molar-refractivity contribution is 5.95. The van der Waals surface area contributed by atoms with Crippen LogP contribution in [0.15, 0.2) is 15.7 Å². The Balaban J connectivity index is 0.00000182. The van der Waals surface area contributed by atoms with Crippen LogP contribution in [-0.4, -0.2) is 44.6 Å². The number of carbonyl (C=O) groups is 1. The number of rotatable bonds is 2. The molecular formula is C17H25Cl2N5O3. The molecule has 150 valence electrons. The molecule has 2 N–H and O–H groups in total. The Labute approximate surface area is 169 Å². The van der Waals surface area contributed by atoms with E-state index in [1.54, 1.807) is 24.9 Å². The van der Waals surface area contributed by atoms with Crippen molar-refractivity contribution in [3.8, 4) is 0 Å². The Hall–Kier alpha value is -1.90. The maximum atomic E-state index is 12.8. The van der Waals surface area contributed by atoms with E-state index in [2.05, 4.69) is 11.9 Å². The molecule has 1 unspecified atom stereocenters. The topological polar surface area (TPSA) is 103 Å². The van der Waals surface area contributed by atoms with E-state index in [0.29, 0.717) is 30.6 Å². The minimum atomic E-state index is -0.467. The van der Waals surface area contributed by atoms with E-state index in [0.717, 1.165) is 11.0 Å². The molecule has 0 aromatic carbocycles. The van der Waals surface area contributed by atoms with Crippen LogP contribution in [0, 0.1) is 12.3 Å². The van der Waals surface area contributed by atoms with Crippen LogP contribution in [-0.2, 0) is 14.1 Å². The molecule has 1 atom stereocenters. The van der Waals surface area contributed by atoms with Crippen LogP contribution < -0.4 is 17.0 Å². The van der Waals surface area contributed by atoms with Crippen molar-refractivity contribution in [2.24, 2.45) is 25.2 Å². The molecule has 0 spiro atoms. The van der Waals surface area contributed by atoms with E-state index in [1.807, 2.05) is 0 Å². The summed E-state index contributed by atoms with van der Waals surface area (Å²) < 4.78 is 2.35. The number of hydrogen-bond donors (Lipinski definition) is 1. The minimum Gasteiger partial charge on any atom is -0.337 e. The fourth-order valence-corrected chi connectivity index (χ4v) is 3.37. The Morgan fingerprint density at radius 2 is 1.89 bits per heavy atom.